The number of benzene rings is 4. The van der Waals surface area contributed by atoms with Crippen LogP contribution in [-0.4, -0.2) is 23.7 Å². The van der Waals surface area contributed by atoms with Crippen molar-refractivity contribution in [3.05, 3.63) is 111 Å². The maximum absolute atomic E-state index is 12.3. The highest BCUT2D eigenvalue weighted by atomic mass is 35.5. The third-order valence-electron chi connectivity index (χ3n) is 5.53. The Kier molecular flexibility index (Phi) is 8.33. The second kappa shape index (κ2) is 12.0. The summed E-state index contributed by atoms with van der Waals surface area (Å²) in [6.07, 6.45) is 1.24. The maximum Gasteiger partial charge on any atom is 0.273 e. The molecule has 0 radical (unpaired) electrons. The average molecular weight is 518 g/mol. The average Bonchev–Trinajstić information content (AvgIpc) is 2.88. The number of para-hydroxylation sites is 1. The van der Waals surface area contributed by atoms with Crippen molar-refractivity contribution in [2.45, 2.75) is 20.0 Å². The number of hydrogen-bond acceptors (Lipinski definition) is 6. The molecule has 0 aliphatic heterocycles. The van der Waals surface area contributed by atoms with Gasteiger partial charge in [-0.3, -0.25) is 14.9 Å². The molecule has 0 heterocycles. The minimum atomic E-state index is -0.521. The minimum absolute atomic E-state index is 0.117. The Morgan fingerprint density at radius 2 is 1.76 bits per heavy atom. The molecule has 4 aromatic carbocycles. The summed E-state index contributed by atoms with van der Waals surface area (Å²) in [6.45, 7) is 2.55. The third-order valence-corrected chi connectivity index (χ3v) is 5.81. The zero-order chi connectivity index (χ0) is 26.2. The van der Waals surface area contributed by atoms with Crippen LogP contribution in [0.25, 0.3) is 10.8 Å². The van der Waals surface area contributed by atoms with Crippen LogP contribution >= 0.6 is 11.6 Å². The molecule has 0 atom stereocenters. The molecular weight excluding hydrogens is 494 g/mol. The lowest BCUT2D eigenvalue weighted by Crippen LogP contribution is -2.20. The van der Waals surface area contributed by atoms with E-state index in [1.165, 1.54) is 18.3 Å². The lowest BCUT2D eigenvalue weighted by Gasteiger charge is -2.15. The molecular formula is C28H24ClN3O5. The molecule has 0 fully saturated rings. The van der Waals surface area contributed by atoms with Crippen LogP contribution in [0.2, 0.25) is 5.02 Å². The summed E-state index contributed by atoms with van der Waals surface area (Å²) in [5.74, 6) is 0.369. The second-order valence-corrected chi connectivity index (χ2v) is 8.45. The predicted molar refractivity (Wildman–Crippen MR) is 143 cm³/mol. The van der Waals surface area contributed by atoms with Gasteiger partial charge in [-0.1, -0.05) is 72.3 Å². The molecule has 0 saturated carbocycles. The molecule has 37 heavy (non-hydrogen) atoms. The lowest BCUT2D eigenvalue weighted by atomic mass is 10.1. The standard InChI is InChI=1S/C28H24ClN3O5/c1-2-36-26-15-19(17-30-31-27(33)16-21-9-4-6-13-25(21)32(34)35)14-24(29)28(26)37-18-22-11-7-10-20-8-3-5-12-23(20)22/h3-15,17H,2,16,18H2,1H3,(H,31,33)/b30-17+. The molecule has 188 valence electrons. The Morgan fingerprint density at radius 1 is 1.03 bits per heavy atom. The van der Waals surface area contributed by atoms with Crippen LogP contribution in [0, 0.1) is 10.1 Å². The monoisotopic (exact) mass is 517 g/mol. The van der Waals surface area contributed by atoms with E-state index < -0.39 is 10.8 Å². The van der Waals surface area contributed by atoms with Gasteiger partial charge in [0.05, 0.1) is 29.2 Å². The van der Waals surface area contributed by atoms with Crippen molar-refractivity contribution in [1.82, 2.24) is 5.43 Å². The van der Waals surface area contributed by atoms with Crippen molar-refractivity contribution in [3.8, 4) is 11.5 Å². The van der Waals surface area contributed by atoms with E-state index in [0.717, 1.165) is 16.3 Å². The first kappa shape index (κ1) is 25.7. The van der Waals surface area contributed by atoms with Crippen LogP contribution in [0.15, 0.2) is 84.0 Å². The minimum Gasteiger partial charge on any atom is -0.490 e. The molecule has 4 rings (SSSR count). The number of hydrogen-bond donors (Lipinski definition) is 1. The number of halogens is 1. The molecule has 0 aliphatic rings. The maximum atomic E-state index is 12.3. The van der Waals surface area contributed by atoms with Gasteiger partial charge in [0.15, 0.2) is 11.5 Å². The van der Waals surface area contributed by atoms with Gasteiger partial charge in [-0.2, -0.15) is 5.10 Å². The molecule has 0 aliphatic carbocycles. The van der Waals surface area contributed by atoms with Crippen LogP contribution in [0.1, 0.15) is 23.6 Å². The highest BCUT2D eigenvalue weighted by Crippen LogP contribution is 2.37. The first-order chi connectivity index (χ1) is 18.0. The summed E-state index contributed by atoms with van der Waals surface area (Å²) in [4.78, 5) is 22.9. The fourth-order valence-electron chi connectivity index (χ4n) is 3.86. The van der Waals surface area contributed by atoms with Gasteiger partial charge in [0.1, 0.15) is 6.61 Å². The van der Waals surface area contributed by atoms with Gasteiger partial charge in [-0.25, -0.2) is 5.43 Å². The van der Waals surface area contributed by atoms with Crippen LogP contribution in [0.4, 0.5) is 5.69 Å². The fraction of sp³-hybridized carbons (Fsp3) is 0.143. The van der Waals surface area contributed by atoms with Crippen molar-refractivity contribution in [2.24, 2.45) is 5.10 Å². The summed E-state index contributed by atoms with van der Waals surface area (Å²) in [7, 11) is 0. The highest BCUT2D eigenvalue weighted by Gasteiger charge is 2.16. The van der Waals surface area contributed by atoms with E-state index in [0.29, 0.717) is 40.9 Å². The number of nitrogens with zero attached hydrogens (tertiary/aromatic N) is 2. The van der Waals surface area contributed by atoms with Gasteiger partial charge in [-0.05, 0) is 41.0 Å². The van der Waals surface area contributed by atoms with E-state index in [-0.39, 0.29) is 12.1 Å². The zero-order valence-electron chi connectivity index (χ0n) is 20.0. The van der Waals surface area contributed by atoms with Crippen LogP contribution in [-0.2, 0) is 17.8 Å². The number of nitrogens with one attached hydrogen (secondary N) is 1. The quantitative estimate of drug-likeness (QED) is 0.156. The van der Waals surface area contributed by atoms with Crippen molar-refractivity contribution >= 4 is 40.2 Å². The van der Waals surface area contributed by atoms with Gasteiger partial charge in [0, 0.05) is 11.6 Å². The van der Waals surface area contributed by atoms with Crippen molar-refractivity contribution in [3.63, 3.8) is 0 Å². The molecule has 9 heteroatoms. The van der Waals surface area contributed by atoms with Gasteiger partial charge in [0.2, 0.25) is 5.91 Å². The van der Waals surface area contributed by atoms with E-state index in [1.807, 2.05) is 49.4 Å². The van der Waals surface area contributed by atoms with Crippen LogP contribution in [0.5, 0.6) is 11.5 Å². The molecule has 0 spiro atoms. The van der Waals surface area contributed by atoms with Crippen molar-refractivity contribution in [2.75, 3.05) is 6.61 Å². The lowest BCUT2D eigenvalue weighted by molar-refractivity contribution is -0.385. The van der Waals surface area contributed by atoms with Gasteiger partial charge in [-0.15, -0.1) is 0 Å². The number of carbonyl (C=O) groups is 1. The second-order valence-electron chi connectivity index (χ2n) is 8.05. The summed E-state index contributed by atoms with van der Waals surface area (Å²) in [5.41, 5.74) is 4.17. The first-order valence-corrected chi connectivity index (χ1v) is 11.9. The normalized spacial score (nSPS) is 11.0. The SMILES string of the molecule is CCOc1cc(/C=N/NC(=O)Cc2ccccc2[N+](=O)[O-])cc(Cl)c1OCc1cccc2ccccc12. The van der Waals surface area contributed by atoms with E-state index in [2.05, 4.69) is 10.5 Å². The Labute approximate surface area is 218 Å². The molecule has 0 unspecified atom stereocenters. The molecule has 1 N–H and O–H groups in total. The molecule has 4 aromatic rings. The molecule has 8 nitrogen and oxygen atoms in total. The predicted octanol–water partition coefficient (Wildman–Crippen LogP) is 6.07. The topological polar surface area (TPSA) is 103 Å². The van der Waals surface area contributed by atoms with E-state index in [9.17, 15) is 14.9 Å². The van der Waals surface area contributed by atoms with Crippen LogP contribution < -0.4 is 14.9 Å². The van der Waals surface area contributed by atoms with Gasteiger partial charge < -0.3 is 9.47 Å². The van der Waals surface area contributed by atoms with E-state index >= 15 is 0 Å². The number of nitro groups is 1. The fourth-order valence-corrected chi connectivity index (χ4v) is 4.14. The number of nitro benzene ring substituents is 1. The number of hydrazone groups is 1. The summed E-state index contributed by atoms with van der Waals surface area (Å²) >= 11 is 6.53. The Bertz CT molecular complexity index is 1470. The smallest absolute Gasteiger partial charge is 0.273 e. The number of amides is 1. The number of fused-ring (bicyclic) bond motifs is 1. The highest BCUT2D eigenvalue weighted by molar-refractivity contribution is 6.32. The Balaban J connectivity index is 1.46. The third kappa shape index (κ3) is 6.42. The number of rotatable bonds is 10. The van der Waals surface area contributed by atoms with E-state index in [4.69, 9.17) is 21.1 Å². The largest absolute Gasteiger partial charge is 0.490 e. The Hall–Kier alpha value is -4.43. The van der Waals surface area contributed by atoms with Crippen molar-refractivity contribution in [1.29, 1.82) is 0 Å². The zero-order valence-corrected chi connectivity index (χ0v) is 20.8. The van der Waals surface area contributed by atoms with Crippen molar-refractivity contribution < 1.29 is 19.2 Å². The van der Waals surface area contributed by atoms with Crippen LogP contribution in [0.3, 0.4) is 0 Å². The molecule has 1 amide bonds. The molecule has 0 aromatic heterocycles. The number of carbonyl (C=O) groups excluding carboxylic acids is 1. The summed E-state index contributed by atoms with van der Waals surface area (Å²) in [6, 6.07) is 23.5. The molecule has 0 saturated heterocycles. The van der Waals surface area contributed by atoms with Gasteiger partial charge >= 0.3 is 0 Å². The Morgan fingerprint density at radius 3 is 2.57 bits per heavy atom. The summed E-state index contributed by atoms with van der Waals surface area (Å²) in [5, 5.41) is 17.7. The van der Waals surface area contributed by atoms with Gasteiger partial charge in [0.25, 0.3) is 5.69 Å². The van der Waals surface area contributed by atoms with E-state index in [1.54, 1.807) is 24.3 Å². The summed E-state index contributed by atoms with van der Waals surface area (Å²) < 4.78 is 11.8. The first-order valence-electron chi connectivity index (χ1n) is 11.6. The molecule has 0 bridgehead atoms. The number of ether oxygens (including phenoxy) is 2.